The predicted molar refractivity (Wildman–Crippen MR) is 109 cm³/mol. The van der Waals surface area contributed by atoms with Crippen LogP contribution in [-0.4, -0.2) is 29.2 Å². The molecule has 1 unspecified atom stereocenters. The monoisotopic (exact) mass is 398 g/mol. The van der Waals surface area contributed by atoms with E-state index in [0.29, 0.717) is 46.4 Å². The first kappa shape index (κ1) is 20.3. The maximum Gasteiger partial charge on any atom is 0.251 e. The third-order valence-electron chi connectivity index (χ3n) is 4.53. The van der Waals surface area contributed by atoms with Crippen LogP contribution in [0.5, 0.6) is 11.5 Å². The second kappa shape index (κ2) is 8.72. The summed E-state index contributed by atoms with van der Waals surface area (Å²) < 4.78 is 24.8. The Balaban J connectivity index is 1.81. The van der Waals surface area contributed by atoms with E-state index in [4.69, 9.17) is 9.47 Å². The van der Waals surface area contributed by atoms with Crippen LogP contribution >= 0.6 is 0 Å². The van der Waals surface area contributed by atoms with Crippen LogP contribution in [0.25, 0.3) is 11.4 Å². The minimum atomic E-state index is -0.405. The molecule has 3 rings (SSSR count). The van der Waals surface area contributed by atoms with Crippen molar-refractivity contribution in [3.8, 4) is 22.9 Å². The van der Waals surface area contributed by atoms with Crippen molar-refractivity contribution in [2.24, 2.45) is 0 Å². The second-order valence-corrected chi connectivity index (χ2v) is 6.47. The molecular formula is C21H23FN4O3. The van der Waals surface area contributed by atoms with Crippen LogP contribution < -0.4 is 20.3 Å². The maximum absolute atomic E-state index is 14.5. The zero-order chi connectivity index (χ0) is 21.0. The average molecular weight is 398 g/mol. The quantitative estimate of drug-likeness (QED) is 0.631. The zero-order valence-electron chi connectivity index (χ0n) is 16.7. The molecule has 8 heteroatoms. The molecule has 0 spiro atoms. The summed E-state index contributed by atoms with van der Waals surface area (Å²) in [6, 6.07) is 7.56. The van der Waals surface area contributed by atoms with E-state index in [0.717, 1.165) is 0 Å². The Bertz CT molecular complexity index is 1050. The Morgan fingerprint density at radius 3 is 2.52 bits per heavy atom. The molecular weight excluding hydrogens is 375 g/mol. The molecule has 7 nitrogen and oxygen atoms in total. The first-order valence-corrected chi connectivity index (χ1v) is 9.19. The molecule has 3 aromatic rings. The van der Waals surface area contributed by atoms with Gasteiger partial charge in [0.25, 0.3) is 5.56 Å². The molecule has 0 aliphatic carbocycles. The van der Waals surface area contributed by atoms with Crippen molar-refractivity contribution < 1.29 is 13.9 Å². The first-order chi connectivity index (χ1) is 13.9. The molecule has 0 saturated heterocycles. The smallest absolute Gasteiger partial charge is 0.251 e. The lowest BCUT2D eigenvalue weighted by Gasteiger charge is -2.18. The lowest BCUT2D eigenvalue weighted by Crippen LogP contribution is -2.11. The summed E-state index contributed by atoms with van der Waals surface area (Å²) in [5.41, 5.74) is 1.62. The van der Waals surface area contributed by atoms with Crippen molar-refractivity contribution in [2.45, 2.75) is 26.3 Å². The van der Waals surface area contributed by atoms with Gasteiger partial charge in [0.05, 0.1) is 20.3 Å². The van der Waals surface area contributed by atoms with Crippen molar-refractivity contribution in [1.82, 2.24) is 15.0 Å². The number of aromatic amines is 1. The number of rotatable bonds is 7. The Morgan fingerprint density at radius 1 is 1.17 bits per heavy atom. The molecule has 152 valence electrons. The predicted octanol–water partition coefficient (Wildman–Crippen LogP) is 3.72. The summed E-state index contributed by atoms with van der Waals surface area (Å²) in [5, 5.41) is 3.16. The summed E-state index contributed by atoms with van der Waals surface area (Å²) >= 11 is 0. The Labute approximate surface area is 167 Å². The van der Waals surface area contributed by atoms with Gasteiger partial charge in [-0.15, -0.1) is 0 Å². The molecule has 2 N–H and O–H groups in total. The van der Waals surface area contributed by atoms with Crippen molar-refractivity contribution in [1.29, 1.82) is 0 Å². The molecule has 0 aliphatic rings. The molecule has 0 bridgehead atoms. The fraction of sp³-hybridized carbons (Fsp3) is 0.286. The number of methoxy groups -OCH3 is 2. The van der Waals surface area contributed by atoms with Gasteiger partial charge in [0.1, 0.15) is 17.5 Å². The Hall–Kier alpha value is -3.42. The van der Waals surface area contributed by atoms with E-state index in [2.05, 4.69) is 20.3 Å². The minimum Gasteiger partial charge on any atom is -0.493 e. The summed E-state index contributed by atoms with van der Waals surface area (Å²) in [7, 11) is 2.96. The van der Waals surface area contributed by atoms with Gasteiger partial charge >= 0.3 is 0 Å². The third-order valence-corrected chi connectivity index (χ3v) is 4.53. The summed E-state index contributed by atoms with van der Waals surface area (Å²) in [4.78, 5) is 23.2. The van der Waals surface area contributed by atoms with Crippen LogP contribution in [0.4, 0.5) is 10.2 Å². The summed E-state index contributed by atoms with van der Waals surface area (Å²) in [6.45, 7) is 3.76. The Kier molecular flexibility index (Phi) is 6.11. The van der Waals surface area contributed by atoms with Crippen molar-refractivity contribution >= 4 is 5.82 Å². The van der Waals surface area contributed by atoms with Gasteiger partial charge in [-0.1, -0.05) is 6.92 Å². The van der Waals surface area contributed by atoms with Crippen molar-refractivity contribution in [2.75, 3.05) is 19.5 Å². The van der Waals surface area contributed by atoms with E-state index >= 15 is 0 Å². The van der Waals surface area contributed by atoms with Gasteiger partial charge < -0.3 is 19.8 Å². The van der Waals surface area contributed by atoms with Gasteiger partial charge in [0, 0.05) is 35.2 Å². The van der Waals surface area contributed by atoms with E-state index in [9.17, 15) is 9.18 Å². The number of hydrogen-bond acceptors (Lipinski definition) is 6. The molecule has 0 radical (unpaired) electrons. The number of nitrogens with zero attached hydrogens (tertiary/aromatic N) is 2. The molecule has 0 saturated carbocycles. The molecule has 29 heavy (non-hydrogen) atoms. The lowest BCUT2D eigenvalue weighted by atomic mass is 10.1. The molecule has 0 fully saturated rings. The topological polar surface area (TPSA) is 89.1 Å². The van der Waals surface area contributed by atoms with E-state index in [1.54, 1.807) is 24.4 Å². The number of anilines is 1. The first-order valence-electron chi connectivity index (χ1n) is 9.19. The second-order valence-electron chi connectivity index (χ2n) is 6.47. The largest absolute Gasteiger partial charge is 0.493 e. The third kappa shape index (κ3) is 4.53. The van der Waals surface area contributed by atoms with E-state index < -0.39 is 5.82 Å². The van der Waals surface area contributed by atoms with Crippen molar-refractivity contribution in [3.63, 3.8) is 0 Å². The van der Waals surface area contributed by atoms with E-state index in [-0.39, 0.29) is 11.6 Å². The average Bonchev–Trinajstić information content (AvgIpc) is 2.73. The van der Waals surface area contributed by atoms with Crippen LogP contribution in [0.15, 0.2) is 41.3 Å². The fourth-order valence-electron chi connectivity index (χ4n) is 2.95. The van der Waals surface area contributed by atoms with Crippen LogP contribution in [0.2, 0.25) is 0 Å². The number of nitrogens with one attached hydrogen (secondary N) is 2. The highest BCUT2D eigenvalue weighted by molar-refractivity contribution is 5.56. The van der Waals surface area contributed by atoms with Crippen LogP contribution in [0.3, 0.4) is 0 Å². The highest BCUT2D eigenvalue weighted by Gasteiger charge is 2.16. The van der Waals surface area contributed by atoms with Gasteiger partial charge in [-0.25, -0.2) is 14.4 Å². The van der Waals surface area contributed by atoms with Crippen LogP contribution in [0.1, 0.15) is 31.1 Å². The van der Waals surface area contributed by atoms with Crippen molar-refractivity contribution in [3.05, 3.63) is 64.0 Å². The normalized spacial score (nSPS) is 11.8. The molecule has 0 amide bonds. The maximum atomic E-state index is 14.5. The molecule has 0 aliphatic heterocycles. The number of pyridine rings is 1. The van der Waals surface area contributed by atoms with Gasteiger partial charge in [-0.3, -0.25) is 4.79 Å². The van der Waals surface area contributed by atoms with Gasteiger partial charge in [-0.05, 0) is 31.5 Å². The SMILES string of the molecule is CCc1cc(=O)[nH]c(-c2ccc(NC(C)c3cc(OC)c(OC)cc3F)nc2)n1. The molecule has 1 atom stereocenters. The lowest BCUT2D eigenvalue weighted by molar-refractivity contribution is 0.351. The molecule has 2 aromatic heterocycles. The van der Waals surface area contributed by atoms with Crippen LogP contribution in [-0.2, 0) is 6.42 Å². The fourth-order valence-corrected chi connectivity index (χ4v) is 2.95. The number of hydrogen-bond donors (Lipinski definition) is 2. The number of ether oxygens (including phenoxy) is 2. The summed E-state index contributed by atoms with van der Waals surface area (Å²) in [6.07, 6.45) is 2.27. The highest BCUT2D eigenvalue weighted by Crippen LogP contribution is 2.33. The van der Waals surface area contributed by atoms with Gasteiger partial charge in [0.2, 0.25) is 0 Å². The highest BCUT2D eigenvalue weighted by atomic mass is 19.1. The Morgan fingerprint density at radius 2 is 1.90 bits per heavy atom. The molecule has 1 aromatic carbocycles. The van der Waals surface area contributed by atoms with E-state index in [1.807, 2.05) is 13.8 Å². The molecule has 2 heterocycles. The van der Waals surface area contributed by atoms with Crippen LogP contribution in [0, 0.1) is 5.82 Å². The van der Waals surface area contributed by atoms with Gasteiger partial charge in [-0.2, -0.15) is 0 Å². The van der Waals surface area contributed by atoms with E-state index in [1.165, 1.54) is 26.4 Å². The number of aryl methyl sites for hydroxylation is 1. The number of benzene rings is 1. The minimum absolute atomic E-state index is 0.202. The van der Waals surface area contributed by atoms with Gasteiger partial charge in [0.15, 0.2) is 11.5 Å². The standard InChI is InChI=1S/C21H23FN4O3/c1-5-14-8-20(27)26-21(25-14)13-6-7-19(23-11-13)24-12(2)15-9-17(28-3)18(29-4)10-16(15)22/h6-12H,5H2,1-4H3,(H,23,24)(H,25,26,27). The summed E-state index contributed by atoms with van der Waals surface area (Å²) in [5.74, 6) is 1.40. The zero-order valence-corrected chi connectivity index (χ0v) is 16.7. The number of halogens is 1. The number of aromatic nitrogens is 3. The number of H-pyrrole nitrogens is 1.